The van der Waals surface area contributed by atoms with Crippen molar-refractivity contribution in [3.05, 3.63) is 66.3 Å². The first kappa shape index (κ1) is 15.8. The van der Waals surface area contributed by atoms with Gasteiger partial charge in [-0.2, -0.15) is 4.39 Å². The van der Waals surface area contributed by atoms with Crippen LogP contribution in [0.1, 0.15) is 15.9 Å². The second-order valence-corrected chi connectivity index (χ2v) is 5.49. The monoisotopic (exact) mass is 349 g/mol. The highest BCUT2D eigenvalue weighted by molar-refractivity contribution is 6.00. The van der Waals surface area contributed by atoms with Crippen molar-refractivity contribution in [1.82, 2.24) is 29.6 Å². The Hall–Kier alpha value is -3.75. The fourth-order valence-corrected chi connectivity index (χ4v) is 2.48. The number of carbonyl (C=O) groups excluding carboxylic acids is 1. The van der Waals surface area contributed by atoms with E-state index in [1.165, 1.54) is 23.1 Å². The third-order valence-corrected chi connectivity index (χ3v) is 3.70. The van der Waals surface area contributed by atoms with Crippen molar-refractivity contribution in [3.8, 4) is 11.6 Å². The topological polar surface area (TPSA) is 98.5 Å². The Balaban J connectivity index is 1.59. The fourth-order valence-electron chi connectivity index (χ4n) is 2.48. The number of carbonyl (C=O) groups is 1. The third kappa shape index (κ3) is 2.86. The predicted octanol–water partition coefficient (Wildman–Crippen LogP) is 2.11. The number of fused-ring (bicyclic) bond motifs is 1. The summed E-state index contributed by atoms with van der Waals surface area (Å²) < 4.78 is 14.8. The molecule has 0 saturated heterocycles. The van der Waals surface area contributed by atoms with Gasteiger partial charge in [-0.05, 0) is 30.7 Å². The molecule has 4 heterocycles. The van der Waals surface area contributed by atoms with Crippen LogP contribution < -0.4 is 5.43 Å². The van der Waals surface area contributed by atoms with E-state index in [2.05, 4.69) is 30.3 Å². The van der Waals surface area contributed by atoms with Gasteiger partial charge in [-0.15, -0.1) is 0 Å². The summed E-state index contributed by atoms with van der Waals surface area (Å²) in [7, 11) is 0. The molecule has 128 valence electrons. The fraction of sp³-hybridized carbons (Fsp3) is 0.0588. The molecule has 0 unspecified atom stereocenters. The zero-order chi connectivity index (χ0) is 18.1. The first-order valence-corrected chi connectivity index (χ1v) is 7.67. The summed E-state index contributed by atoms with van der Waals surface area (Å²) in [6, 6.07) is 4.48. The lowest BCUT2D eigenvalue weighted by molar-refractivity contribution is 0.101. The van der Waals surface area contributed by atoms with Crippen molar-refractivity contribution >= 4 is 16.9 Å². The van der Waals surface area contributed by atoms with Crippen LogP contribution in [0.2, 0.25) is 0 Å². The summed E-state index contributed by atoms with van der Waals surface area (Å²) >= 11 is 0. The number of amides is 1. The average molecular weight is 349 g/mol. The molecule has 4 aromatic heterocycles. The number of hydrogen-bond donors (Lipinski definition) is 1. The lowest BCUT2D eigenvalue weighted by Gasteiger charge is -2.07. The lowest BCUT2D eigenvalue weighted by atomic mass is 10.3. The Labute approximate surface area is 146 Å². The molecule has 0 aliphatic carbocycles. The Morgan fingerprint density at radius 3 is 2.50 bits per heavy atom. The van der Waals surface area contributed by atoms with E-state index in [4.69, 9.17) is 0 Å². The quantitative estimate of drug-likeness (QED) is 0.569. The van der Waals surface area contributed by atoms with Crippen molar-refractivity contribution in [2.24, 2.45) is 0 Å². The van der Waals surface area contributed by atoms with Gasteiger partial charge >= 0.3 is 0 Å². The Morgan fingerprint density at radius 1 is 1.08 bits per heavy atom. The molecule has 1 N–H and O–H groups in total. The van der Waals surface area contributed by atoms with Crippen LogP contribution >= 0.6 is 0 Å². The molecule has 0 aliphatic rings. The number of hydrogen-bond acceptors (Lipinski definition) is 6. The van der Waals surface area contributed by atoms with Crippen LogP contribution in [0.25, 0.3) is 22.7 Å². The van der Waals surface area contributed by atoms with E-state index in [-0.39, 0.29) is 5.56 Å². The SMILES string of the molecule is Cc1cn(NC(=O)c2cnc(-c3ncccn3)nc2)c2ccc(F)nc12. The van der Waals surface area contributed by atoms with Crippen LogP contribution in [0.15, 0.2) is 49.2 Å². The number of aromatic nitrogens is 6. The van der Waals surface area contributed by atoms with Gasteiger partial charge in [-0.25, -0.2) is 24.9 Å². The van der Waals surface area contributed by atoms with Gasteiger partial charge in [0, 0.05) is 31.0 Å². The Morgan fingerprint density at radius 2 is 1.77 bits per heavy atom. The first-order valence-electron chi connectivity index (χ1n) is 7.67. The molecular weight excluding hydrogens is 337 g/mol. The molecule has 0 bridgehead atoms. The average Bonchev–Trinajstić information content (AvgIpc) is 2.97. The number of nitrogens with zero attached hydrogens (tertiary/aromatic N) is 6. The number of aryl methyl sites for hydroxylation is 1. The molecule has 0 radical (unpaired) electrons. The van der Waals surface area contributed by atoms with Crippen molar-refractivity contribution < 1.29 is 9.18 Å². The molecule has 4 aromatic rings. The van der Waals surface area contributed by atoms with Crippen LogP contribution in [0.3, 0.4) is 0 Å². The minimum absolute atomic E-state index is 0.263. The highest BCUT2D eigenvalue weighted by Gasteiger charge is 2.13. The molecule has 0 spiro atoms. The molecule has 8 nitrogen and oxygen atoms in total. The molecule has 0 atom stereocenters. The van der Waals surface area contributed by atoms with Gasteiger partial charge < -0.3 is 0 Å². The van der Waals surface area contributed by atoms with Crippen LogP contribution in [0, 0.1) is 12.9 Å². The lowest BCUT2D eigenvalue weighted by Crippen LogP contribution is -2.22. The Kier molecular flexibility index (Phi) is 3.81. The number of halogens is 1. The summed E-state index contributed by atoms with van der Waals surface area (Å²) in [6.45, 7) is 1.79. The van der Waals surface area contributed by atoms with Crippen molar-refractivity contribution in [1.29, 1.82) is 0 Å². The maximum absolute atomic E-state index is 13.3. The molecule has 26 heavy (non-hydrogen) atoms. The van der Waals surface area contributed by atoms with Crippen molar-refractivity contribution in [3.63, 3.8) is 0 Å². The molecule has 9 heteroatoms. The highest BCUT2D eigenvalue weighted by atomic mass is 19.1. The van der Waals surface area contributed by atoms with Crippen LogP contribution in [-0.4, -0.2) is 35.5 Å². The largest absolute Gasteiger partial charge is 0.273 e. The van der Waals surface area contributed by atoms with Gasteiger partial charge in [0.2, 0.25) is 5.95 Å². The summed E-state index contributed by atoms with van der Waals surface area (Å²) in [5, 5.41) is 0. The third-order valence-electron chi connectivity index (χ3n) is 3.70. The standard InChI is InChI=1S/C17H12FN7O/c1-10-9-25(12-3-4-13(18)23-14(10)12)24-17(26)11-7-21-16(22-8-11)15-19-5-2-6-20-15/h2-9H,1H3,(H,24,26). The number of pyridine rings is 1. The summed E-state index contributed by atoms with van der Waals surface area (Å²) in [5.41, 5.74) is 4.79. The molecular formula is C17H12FN7O. The normalized spacial score (nSPS) is 10.8. The number of nitrogens with one attached hydrogen (secondary N) is 1. The smallest absolute Gasteiger partial charge is 0.267 e. The van der Waals surface area contributed by atoms with E-state index >= 15 is 0 Å². The highest BCUT2D eigenvalue weighted by Crippen LogP contribution is 2.18. The van der Waals surface area contributed by atoms with E-state index in [0.29, 0.717) is 22.7 Å². The minimum Gasteiger partial charge on any atom is -0.267 e. The molecule has 4 rings (SSSR count). The zero-order valence-electron chi connectivity index (χ0n) is 13.6. The van der Waals surface area contributed by atoms with E-state index in [1.54, 1.807) is 37.6 Å². The first-order chi connectivity index (χ1) is 12.6. The van der Waals surface area contributed by atoms with Gasteiger partial charge in [0.05, 0.1) is 16.6 Å². The van der Waals surface area contributed by atoms with E-state index < -0.39 is 11.9 Å². The summed E-state index contributed by atoms with van der Waals surface area (Å²) in [4.78, 5) is 32.6. The van der Waals surface area contributed by atoms with E-state index in [1.807, 2.05) is 0 Å². The zero-order valence-corrected chi connectivity index (χ0v) is 13.6. The Bertz CT molecular complexity index is 1090. The molecule has 0 fully saturated rings. The number of rotatable bonds is 3. The summed E-state index contributed by atoms with van der Waals surface area (Å²) in [6.07, 6.45) is 7.63. The molecule has 1 amide bonds. The van der Waals surface area contributed by atoms with Crippen LogP contribution in [0.5, 0.6) is 0 Å². The minimum atomic E-state index is -0.572. The summed E-state index contributed by atoms with van der Waals surface area (Å²) in [5.74, 6) is -0.285. The van der Waals surface area contributed by atoms with Gasteiger partial charge in [-0.1, -0.05) is 0 Å². The maximum Gasteiger partial charge on any atom is 0.273 e. The van der Waals surface area contributed by atoms with Gasteiger partial charge in [0.1, 0.15) is 0 Å². The second kappa shape index (κ2) is 6.28. The molecule has 0 aromatic carbocycles. The predicted molar refractivity (Wildman–Crippen MR) is 91.2 cm³/mol. The van der Waals surface area contributed by atoms with Crippen molar-refractivity contribution in [2.45, 2.75) is 6.92 Å². The second-order valence-electron chi connectivity index (χ2n) is 5.49. The van der Waals surface area contributed by atoms with Gasteiger partial charge in [-0.3, -0.25) is 14.9 Å². The molecule has 0 saturated carbocycles. The maximum atomic E-state index is 13.3. The van der Waals surface area contributed by atoms with Crippen LogP contribution in [0.4, 0.5) is 4.39 Å². The van der Waals surface area contributed by atoms with Gasteiger partial charge in [0.15, 0.2) is 11.6 Å². The van der Waals surface area contributed by atoms with E-state index in [9.17, 15) is 9.18 Å². The molecule has 0 aliphatic heterocycles. The van der Waals surface area contributed by atoms with Crippen LogP contribution in [-0.2, 0) is 0 Å². The van der Waals surface area contributed by atoms with E-state index in [0.717, 1.165) is 5.56 Å². The van der Waals surface area contributed by atoms with Gasteiger partial charge in [0.25, 0.3) is 5.91 Å². The van der Waals surface area contributed by atoms with Crippen molar-refractivity contribution in [2.75, 3.05) is 5.43 Å².